The van der Waals surface area contributed by atoms with Crippen LogP contribution in [0.4, 0.5) is 5.82 Å². The van der Waals surface area contributed by atoms with Crippen LogP contribution in [0.5, 0.6) is 0 Å². The summed E-state index contributed by atoms with van der Waals surface area (Å²) in [7, 11) is 0. The first-order valence-corrected chi connectivity index (χ1v) is 9.46. The second-order valence-electron chi connectivity index (χ2n) is 6.53. The maximum atomic E-state index is 12.5. The van der Waals surface area contributed by atoms with Gasteiger partial charge in [-0.1, -0.05) is 6.07 Å². The highest BCUT2D eigenvalue weighted by atomic mass is 32.1. The fourth-order valence-electron chi connectivity index (χ4n) is 3.35. The number of hydrogen-bond donors (Lipinski definition) is 0. The van der Waals surface area contributed by atoms with Gasteiger partial charge in [-0.15, -0.1) is 21.5 Å². The highest BCUT2D eigenvalue weighted by Crippen LogP contribution is 2.39. The Balaban J connectivity index is 1.35. The quantitative estimate of drug-likeness (QED) is 0.720. The third-order valence-corrected chi connectivity index (χ3v) is 5.73. The number of rotatable bonds is 3. The number of anilines is 1. The van der Waals surface area contributed by atoms with E-state index in [-0.39, 0.29) is 5.91 Å². The summed E-state index contributed by atoms with van der Waals surface area (Å²) >= 11 is 1.50. The molecule has 25 heavy (non-hydrogen) atoms. The van der Waals surface area contributed by atoms with Crippen molar-refractivity contribution in [3.8, 4) is 0 Å². The highest BCUT2D eigenvalue weighted by molar-refractivity contribution is 7.12. The molecular formula is C17H18N6OS. The van der Waals surface area contributed by atoms with Crippen LogP contribution in [0.1, 0.15) is 34.3 Å². The van der Waals surface area contributed by atoms with Gasteiger partial charge in [-0.2, -0.15) is 0 Å². The van der Waals surface area contributed by atoms with Crippen LogP contribution in [-0.2, 0) is 0 Å². The molecule has 1 saturated heterocycles. The van der Waals surface area contributed by atoms with E-state index in [1.807, 2.05) is 34.8 Å². The van der Waals surface area contributed by atoms with E-state index in [1.54, 1.807) is 0 Å². The lowest BCUT2D eigenvalue weighted by atomic mass is 10.3. The molecule has 2 fully saturated rings. The van der Waals surface area contributed by atoms with Gasteiger partial charge in [0.2, 0.25) is 5.65 Å². The number of nitrogens with zero attached hydrogens (tertiary/aromatic N) is 6. The zero-order chi connectivity index (χ0) is 16.8. The Morgan fingerprint density at radius 1 is 1.16 bits per heavy atom. The predicted molar refractivity (Wildman–Crippen MR) is 95.2 cm³/mol. The first kappa shape index (κ1) is 14.8. The molecule has 1 amide bonds. The van der Waals surface area contributed by atoms with E-state index >= 15 is 0 Å². The van der Waals surface area contributed by atoms with Crippen molar-refractivity contribution in [1.82, 2.24) is 24.5 Å². The lowest BCUT2D eigenvalue weighted by Crippen LogP contribution is -2.49. The van der Waals surface area contributed by atoms with E-state index in [1.165, 1.54) is 24.2 Å². The molecule has 1 aliphatic heterocycles. The Labute approximate surface area is 148 Å². The smallest absolute Gasteiger partial charge is 0.264 e. The molecule has 3 aromatic rings. The van der Waals surface area contributed by atoms with Gasteiger partial charge in [0.1, 0.15) is 5.82 Å². The number of thiophene rings is 1. The molecule has 8 heteroatoms. The van der Waals surface area contributed by atoms with Gasteiger partial charge in [-0.05, 0) is 24.3 Å². The first-order valence-electron chi connectivity index (χ1n) is 8.58. The lowest BCUT2D eigenvalue weighted by molar-refractivity contribution is 0.0751. The number of aromatic nitrogens is 4. The number of carbonyl (C=O) groups excluding carboxylic acids is 1. The van der Waals surface area contributed by atoms with Crippen molar-refractivity contribution >= 4 is 28.7 Å². The van der Waals surface area contributed by atoms with Crippen LogP contribution < -0.4 is 4.90 Å². The number of piperazine rings is 1. The van der Waals surface area contributed by atoms with Crippen molar-refractivity contribution in [2.24, 2.45) is 0 Å². The monoisotopic (exact) mass is 354 g/mol. The standard InChI is InChI=1S/C17H18N6OS/c24-17(13-2-1-11-25-13)22-9-7-21(8-10-22)15-16-20-19-14(12-3-4-12)23(16)6-5-18-15/h1-2,5-6,11-12H,3-4,7-10H2. The van der Waals surface area contributed by atoms with Gasteiger partial charge in [0, 0.05) is 44.5 Å². The fraction of sp³-hybridized carbons (Fsp3) is 0.412. The van der Waals surface area contributed by atoms with Crippen molar-refractivity contribution in [2.75, 3.05) is 31.1 Å². The third kappa shape index (κ3) is 2.57. The summed E-state index contributed by atoms with van der Waals surface area (Å²) in [5.74, 6) is 2.58. The van der Waals surface area contributed by atoms with Crippen molar-refractivity contribution in [2.45, 2.75) is 18.8 Å². The van der Waals surface area contributed by atoms with Gasteiger partial charge in [0.25, 0.3) is 5.91 Å². The molecule has 3 aromatic heterocycles. The van der Waals surface area contributed by atoms with Crippen molar-refractivity contribution in [3.63, 3.8) is 0 Å². The van der Waals surface area contributed by atoms with Gasteiger partial charge >= 0.3 is 0 Å². The minimum absolute atomic E-state index is 0.124. The number of carbonyl (C=O) groups is 1. The molecule has 0 unspecified atom stereocenters. The van der Waals surface area contributed by atoms with Crippen molar-refractivity contribution < 1.29 is 4.79 Å². The minimum atomic E-state index is 0.124. The Kier molecular flexibility index (Phi) is 3.44. The van der Waals surface area contributed by atoms with Crippen LogP contribution in [0.15, 0.2) is 29.9 Å². The number of hydrogen-bond acceptors (Lipinski definition) is 6. The molecule has 2 aliphatic rings. The summed E-state index contributed by atoms with van der Waals surface area (Å²) in [6.07, 6.45) is 6.16. The molecule has 7 nitrogen and oxygen atoms in total. The normalized spacial score (nSPS) is 18.1. The molecule has 0 atom stereocenters. The highest BCUT2D eigenvalue weighted by Gasteiger charge is 2.30. The molecule has 128 valence electrons. The molecule has 0 aromatic carbocycles. The largest absolute Gasteiger partial charge is 0.350 e. The minimum Gasteiger partial charge on any atom is -0.350 e. The van der Waals surface area contributed by atoms with Crippen LogP contribution >= 0.6 is 11.3 Å². The van der Waals surface area contributed by atoms with Gasteiger partial charge in [0.15, 0.2) is 5.82 Å². The van der Waals surface area contributed by atoms with E-state index in [2.05, 4.69) is 24.5 Å². The summed E-state index contributed by atoms with van der Waals surface area (Å²) < 4.78 is 2.07. The molecule has 5 rings (SSSR count). The summed E-state index contributed by atoms with van der Waals surface area (Å²) in [6, 6.07) is 3.80. The number of fused-ring (bicyclic) bond motifs is 1. The Bertz CT molecular complexity index is 909. The molecule has 0 radical (unpaired) electrons. The summed E-state index contributed by atoms with van der Waals surface area (Å²) in [5, 5.41) is 10.7. The van der Waals surface area contributed by atoms with E-state index in [0.29, 0.717) is 19.0 Å². The molecule has 4 heterocycles. The van der Waals surface area contributed by atoms with E-state index < -0.39 is 0 Å². The zero-order valence-corrected chi connectivity index (χ0v) is 14.5. The van der Waals surface area contributed by atoms with Crippen LogP contribution in [0.25, 0.3) is 5.65 Å². The van der Waals surface area contributed by atoms with Crippen LogP contribution in [0.3, 0.4) is 0 Å². The predicted octanol–water partition coefficient (Wildman–Crippen LogP) is 2.03. The molecule has 1 saturated carbocycles. The van der Waals surface area contributed by atoms with E-state index in [9.17, 15) is 4.79 Å². The summed E-state index contributed by atoms with van der Waals surface area (Å²) in [6.45, 7) is 2.91. The van der Waals surface area contributed by atoms with Crippen LogP contribution in [0.2, 0.25) is 0 Å². The van der Waals surface area contributed by atoms with Crippen molar-refractivity contribution in [1.29, 1.82) is 0 Å². The summed E-state index contributed by atoms with van der Waals surface area (Å²) in [4.78, 5) is 22.0. The maximum Gasteiger partial charge on any atom is 0.264 e. The topological polar surface area (TPSA) is 66.6 Å². The van der Waals surface area contributed by atoms with Crippen LogP contribution in [0, 0.1) is 0 Å². The molecule has 0 spiro atoms. The Hall–Kier alpha value is -2.48. The van der Waals surface area contributed by atoms with Crippen molar-refractivity contribution in [3.05, 3.63) is 40.6 Å². The number of amides is 1. The van der Waals surface area contributed by atoms with Crippen LogP contribution in [-0.4, -0.2) is 56.6 Å². The third-order valence-electron chi connectivity index (χ3n) is 4.88. The zero-order valence-electron chi connectivity index (χ0n) is 13.7. The van der Waals surface area contributed by atoms with Gasteiger partial charge < -0.3 is 9.80 Å². The Morgan fingerprint density at radius 3 is 2.72 bits per heavy atom. The second kappa shape index (κ2) is 5.80. The van der Waals surface area contributed by atoms with Gasteiger partial charge in [-0.3, -0.25) is 9.20 Å². The summed E-state index contributed by atoms with van der Waals surface area (Å²) in [5.41, 5.74) is 0.822. The van der Waals surface area contributed by atoms with E-state index in [0.717, 1.165) is 35.3 Å². The molecule has 1 aliphatic carbocycles. The fourth-order valence-corrected chi connectivity index (χ4v) is 4.04. The van der Waals surface area contributed by atoms with Gasteiger partial charge in [0.05, 0.1) is 4.88 Å². The average Bonchev–Trinajstić information content (AvgIpc) is 3.19. The maximum absolute atomic E-state index is 12.5. The second-order valence-corrected chi connectivity index (χ2v) is 7.48. The van der Waals surface area contributed by atoms with E-state index in [4.69, 9.17) is 0 Å². The molecule has 0 N–H and O–H groups in total. The van der Waals surface area contributed by atoms with Gasteiger partial charge in [-0.25, -0.2) is 4.98 Å². The Morgan fingerprint density at radius 2 is 2.00 bits per heavy atom. The molecule has 0 bridgehead atoms. The first-order chi connectivity index (χ1) is 12.3. The lowest BCUT2D eigenvalue weighted by Gasteiger charge is -2.35. The average molecular weight is 354 g/mol. The molecular weight excluding hydrogens is 336 g/mol. The SMILES string of the molecule is O=C(c1cccs1)N1CCN(c2nccn3c(C4CC4)nnc23)CC1.